The molecule has 0 saturated carbocycles. The average Bonchev–Trinajstić information content (AvgIpc) is 2.91. The molecule has 1 heterocycles. The van der Waals surface area contributed by atoms with Gasteiger partial charge in [-0.2, -0.15) is 0 Å². The van der Waals surface area contributed by atoms with Crippen molar-refractivity contribution in [3.63, 3.8) is 0 Å². The van der Waals surface area contributed by atoms with Crippen LogP contribution in [-0.2, 0) is 0 Å². The SMILES string of the molecule is CCNC(c1cc(C)ccc1F)c1coc2ccccc12. The summed E-state index contributed by atoms with van der Waals surface area (Å²) in [5, 5.41) is 4.38. The molecule has 1 aromatic heterocycles. The van der Waals surface area contributed by atoms with Crippen LogP contribution < -0.4 is 5.32 Å². The molecule has 0 amide bonds. The number of halogens is 1. The summed E-state index contributed by atoms with van der Waals surface area (Å²) < 4.78 is 19.9. The lowest BCUT2D eigenvalue weighted by molar-refractivity contribution is 0.549. The van der Waals surface area contributed by atoms with Crippen LogP contribution in [0.15, 0.2) is 53.1 Å². The van der Waals surface area contributed by atoms with Gasteiger partial charge in [-0.05, 0) is 25.6 Å². The van der Waals surface area contributed by atoms with Crippen molar-refractivity contribution in [3.8, 4) is 0 Å². The lowest BCUT2D eigenvalue weighted by Crippen LogP contribution is -2.22. The van der Waals surface area contributed by atoms with Gasteiger partial charge in [0, 0.05) is 16.5 Å². The third kappa shape index (κ3) is 2.57. The van der Waals surface area contributed by atoms with Gasteiger partial charge in [-0.15, -0.1) is 0 Å². The molecule has 0 spiro atoms. The van der Waals surface area contributed by atoms with Gasteiger partial charge in [0.1, 0.15) is 11.4 Å². The molecule has 1 atom stereocenters. The Morgan fingerprint density at radius 2 is 1.95 bits per heavy atom. The second-order valence-corrected chi connectivity index (χ2v) is 5.20. The maximum absolute atomic E-state index is 14.3. The highest BCUT2D eigenvalue weighted by Gasteiger charge is 2.21. The summed E-state index contributed by atoms with van der Waals surface area (Å²) in [5.41, 5.74) is 3.49. The molecule has 1 N–H and O–H groups in total. The third-order valence-electron chi connectivity index (χ3n) is 3.69. The summed E-state index contributed by atoms with van der Waals surface area (Å²) in [6.45, 7) is 4.74. The average molecular weight is 283 g/mol. The molecule has 21 heavy (non-hydrogen) atoms. The van der Waals surface area contributed by atoms with Crippen molar-refractivity contribution in [3.05, 3.63) is 71.2 Å². The van der Waals surface area contributed by atoms with Crippen molar-refractivity contribution in [1.29, 1.82) is 0 Å². The minimum absolute atomic E-state index is 0.197. The number of furan rings is 1. The molecular weight excluding hydrogens is 265 g/mol. The Kier molecular flexibility index (Phi) is 3.76. The first-order valence-electron chi connectivity index (χ1n) is 7.16. The Balaban J connectivity index is 2.15. The van der Waals surface area contributed by atoms with Crippen molar-refractivity contribution < 1.29 is 8.81 Å². The molecule has 3 aromatic rings. The molecule has 0 aliphatic rings. The number of benzene rings is 2. The Morgan fingerprint density at radius 1 is 1.14 bits per heavy atom. The van der Waals surface area contributed by atoms with Gasteiger partial charge in [0.15, 0.2) is 0 Å². The van der Waals surface area contributed by atoms with Crippen LogP contribution >= 0.6 is 0 Å². The van der Waals surface area contributed by atoms with Crippen LogP contribution in [0, 0.1) is 12.7 Å². The van der Waals surface area contributed by atoms with Crippen LogP contribution in [0.25, 0.3) is 11.0 Å². The van der Waals surface area contributed by atoms with E-state index >= 15 is 0 Å². The summed E-state index contributed by atoms with van der Waals surface area (Å²) in [4.78, 5) is 0. The quantitative estimate of drug-likeness (QED) is 0.758. The Bertz CT molecular complexity index is 763. The fourth-order valence-electron chi connectivity index (χ4n) is 2.70. The number of hydrogen-bond acceptors (Lipinski definition) is 2. The number of para-hydroxylation sites is 1. The zero-order chi connectivity index (χ0) is 14.8. The van der Waals surface area contributed by atoms with Gasteiger partial charge >= 0.3 is 0 Å². The van der Waals surface area contributed by atoms with Crippen LogP contribution in [0.4, 0.5) is 4.39 Å². The number of rotatable bonds is 4. The smallest absolute Gasteiger partial charge is 0.134 e. The van der Waals surface area contributed by atoms with Crippen molar-refractivity contribution in [2.75, 3.05) is 6.54 Å². The molecule has 0 radical (unpaired) electrons. The molecule has 3 rings (SSSR count). The van der Waals surface area contributed by atoms with Crippen molar-refractivity contribution in [1.82, 2.24) is 5.32 Å². The van der Waals surface area contributed by atoms with E-state index in [-0.39, 0.29) is 11.9 Å². The number of fused-ring (bicyclic) bond motifs is 1. The minimum atomic E-state index is -0.210. The van der Waals surface area contributed by atoms with E-state index in [0.29, 0.717) is 5.56 Å². The monoisotopic (exact) mass is 283 g/mol. The Labute approximate surface area is 123 Å². The first-order chi connectivity index (χ1) is 10.2. The third-order valence-corrected chi connectivity index (χ3v) is 3.69. The summed E-state index contributed by atoms with van der Waals surface area (Å²) in [7, 11) is 0. The molecule has 0 saturated heterocycles. The van der Waals surface area contributed by atoms with Crippen molar-refractivity contribution >= 4 is 11.0 Å². The van der Waals surface area contributed by atoms with E-state index in [1.807, 2.05) is 44.2 Å². The van der Waals surface area contributed by atoms with Crippen molar-refractivity contribution in [2.45, 2.75) is 19.9 Å². The van der Waals surface area contributed by atoms with E-state index < -0.39 is 0 Å². The maximum atomic E-state index is 14.3. The predicted octanol–water partition coefficient (Wildman–Crippen LogP) is 4.58. The van der Waals surface area contributed by atoms with E-state index in [1.54, 1.807) is 12.3 Å². The summed E-state index contributed by atoms with van der Waals surface area (Å²) in [6, 6.07) is 12.8. The van der Waals surface area contributed by atoms with Gasteiger partial charge in [0.05, 0.1) is 12.3 Å². The van der Waals surface area contributed by atoms with Gasteiger partial charge in [-0.3, -0.25) is 0 Å². The molecule has 3 heteroatoms. The normalized spacial score (nSPS) is 12.7. The first kappa shape index (κ1) is 13.8. The highest BCUT2D eigenvalue weighted by Crippen LogP contribution is 2.32. The van der Waals surface area contributed by atoms with Crippen LogP contribution in [0.5, 0.6) is 0 Å². The van der Waals surface area contributed by atoms with Gasteiger partial charge in [-0.25, -0.2) is 4.39 Å². The van der Waals surface area contributed by atoms with Gasteiger partial charge < -0.3 is 9.73 Å². The molecule has 0 bridgehead atoms. The van der Waals surface area contributed by atoms with Crippen LogP contribution in [0.1, 0.15) is 29.7 Å². The zero-order valence-corrected chi connectivity index (χ0v) is 12.2. The second-order valence-electron chi connectivity index (χ2n) is 5.20. The number of hydrogen-bond donors (Lipinski definition) is 1. The van der Waals surface area contributed by atoms with E-state index in [2.05, 4.69) is 5.32 Å². The lowest BCUT2D eigenvalue weighted by Gasteiger charge is -2.18. The van der Waals surface area contributed by atoms with Crippen LogP contribution in [-0.4, -0.2) is 6.54 Å². The van der Waals surface area contributed by atoms with Crippen LogP contribution in [0.2, 0.25) is 0 Å². The zero-order valence-electron chi connectivity index (χ0n) is 12.2. The van der Waals surface area contributed by atoms with Gasteiger partial charge in [-0.1, -0.05) is 42.8 Å². The molecule has 2 nitrogen and oxygen atoms in total. The summed E-state index contributed by atoms with van der Waals surface area (Å²) >= 11 is 0. The fourth-order valence-corrected chi connectivity index (χ4v) is 2.70. The summed E-state index contributed by atoms with van der Waals surface area (Å²) in [5.74, 6) is -0.197. The highest BCUT2D eigenvalue weighted by atomic mass is 19.1. The largest absolute Gasteiger partial charge is 0.464 e. The van der Waals surface area contributed by atoms with Crippen molar-refractivity contribution in [2.24, 2.45) is 0 Å². The minimum Gasteiger partial charge on any atom is -0.464 e. The fraction of sp³-hybridized carbons (Fsp3) is 0.222. The van der Waals surface area contributed by atoms with E-state index in [1.165, 1.54) is 6.07 Å². The van der Waals surface area contributed by atoms with Crippen LogP contribution in [0.3, 0.4) is 0 Å². The molecule has 1 unspecified atom stereocenters. The molecule has 0 fully saturated rings. The maximum Gasteiger partial charge on any atom is 0.134 e. The van der Waals surface area contributed by atoms with Gasteiger partial charge in [0.2, 0.25) is 0 Å². The van der Waals surface area contributed by atoms with E-state index in [9.17, 15) is 4.39 Å². The number of aryl methyl sites for hydroxylation is 1. The predicted molar refractivity (Wildman–Crippen MR) is 82.9 cm³/mol. The first-order valence-corrected chi connectivity index (χ1v) is 7.16. The molecular formula is C18H18FNO. The highest BCUT2D eigenvalue weighted by molar-refractivity contribution is 5.82. The molecule has 0 aliphatic heterocycles. The topological polar surface area (TPSA) is 25.2 Å². The number of nitrogens with one attached hydrogen (secondary N) is 1. The Morgan fingerprint density at radius 3 is 2.76 bits per heavy atom. The van der Waals surface area contributed by atoms with Gasteiger partial charge in [0.25, 0.3) is 0 Å². The van der Waals surface area contributed by atoms with E-state index in [4.69, 9.17) is 4.42 Å². The lowest BCUT2D eigenvalue weighted by atomic mass is 9.96. The van der Waals surface area contributed by atoms with E-state index in [0.717, 1.165) is 28.6 Å². The molecule has 0 aliphatic carbocycles. The Hall–Kier alpha value is -2.13. The second kappa shape index (κ2) is 5.70. The summed E-state index contributed by atoms with van der Waals surface area (Å²) in [6.07, 6.45) is 1.72. The molecule has 108 valence electrons. The standard InChI is InChI=1S/C18H18FNO/c1-3-20-18(14-10-12(2)8-9-16(14)19)15-11-21-17-7-5-4-6-13(15)17/h4-11,18,20H,3H2,1-2H3. The molecule has 2 aromatic carbocycles.